The predicted octanol–water partition coefficient (Wildman–Crippen LogP) is 1.63. The SMILES string of the molecule is CCC(C)c1ccc(O[C@@H]2O[C@H](CCl)[C@@H](O)[C@H](O)[C@H]2O)cc1. The molecule has 0 aliphatic carbocycles. The molecule has 6 heteroatoms. The summed E-state index contributed by atoms with van der Waals surface area (Å²) < 4.78 is 11.0. The number of alkyl halides is 1. The van der Waals surface area contributed by atoms with Crippen molar-refractivity contribution in [2.24, 2.45) is 0 Å². The van der Waals surface area contributed by atoms with Crippen molar-refractivity contribution in [3.05, 3.63) is 29.8 Å². The topological polar surface area (TPSA) is 79.2 Å². The molecule has 22 heavy (non-hydrogen) atoms. The van der Waals surface area contributed by atoms with Crippen molar-refractivity contribution in [1.29, 1.82) is 0 Å². The van der Waals surface area contributed by atoms with E-state index < -0.39 is 30.7 Å². The van der Waals surface area contributed by atoms with E-state index in [2.05, 4.69) is 13.8 Å². The van der Waals surface area contributed by atoms with Gasteiger partial charge in [0.05, 0.1) is 5.88 Å². The molecule has 2 rings (SSSR count). The molecule has 0 spiro atoms. The molecule has 0 aromatic heterocycles. The van der Waals surface area contributed by atoms with Crippen LogP contribution in [0.1, 0.15) is 31.7 Å². The second kappa shape index (κ2) is 7.62. The van der Waals surface area contributed by atoms with Crippen LogP contribution in [0.25, 0.3) is 0 Å². The van der Waals surface area contributed by atoms with E-state index in [0.717, 1.165) is 6.42 Å². The molecule has 1 aliphatic heterocycles. The summed E-state index contributed by atoms with van der Waals surface area (Å²) in [6.07, 6.45) is -4.75. The number of aliphatic hydroxyl groups is 3. The van der Waals surface area contributed by atoms with Gasteiger partial charge < -0.3 is 24.8 Å². The van der Waals surface area contributed by atoms with E-state index >= 15 is 0 Å². The fourth-order valence-corrected chi connectivity index (χ4v) is 2.64. The van der Waals surface area contributed by atoms with Crippen LogP contribution in [0.2, 0.25) is 0 Å². The van der Waals surface area contributed by atoms with Crippen molar-refractivity contribution in [3.63, 3.8) is 0 Å². The van der Waals surface area contributed by atoms with Gasteiger partial charge >= 0.3 is 0 Å². The summed E-state index contributed by atoms with van der Waals surface area (Å²) in [6.45, 7) is 4.27. The first-order valence-electron chi connectivity index (χ1n) is 7.50. The average Bonchev–Trinajstić information content (AvgIpc) is 2.55. The van der Waals surface area contributed by atoms with Gasteiger partial charge in [0.1, 0.15) is 30.2 Å². The van der Waals surface area contributed by atoms with E-state index in [0.29, 0.717) is 11.7 Å². The van der Waals surface area contributed by atoms with Gasteiger partial charge in [-0.1, -0.05) is 26.0 Å². The van der Waals surface area contributed by atoms with Gasteiger partial charge in [-0.3, -0.25) is 0 Å². The molecule has 6 atom stereocenters. The molecule has 1 fully saturated rings. The summed E-state index contributed by atoms with van der Waals surface area (Å²) >= 11 is 5.69. The number of rotatable bonds is 5. The lowest BCUT2D eigenvalue weighted by Crippen LogP contribution is -2.59. The normalized spacial score (nSPS) is 33.5. The molecule has 1 heterocycles. The van der Waals surface area contributed by atoms with Crippen LogP contribution in [-0.2, 0) is 4.74 Å². The first-order valence-corrected chi connectivity index (χ1v) is 8.03. The second-order valence-electron chi connectivity index (χ2n) is 5.67. The minimum absolute atomic E-state index is 0.00222. The maximum absolute atomic E-state index is 9.96. The van der Waals surface area contributed by atoms with Crippen LogP contribution in [-0.4, -0.2) is 51.9 Å². The monoisotopic (exact) mass is 330 g/mol. The zero-order valence-electron chi connectivity index (χ0n) is 12.7. The van der Waals surface area contributed by atoms with Crippen LogP contribution < -0.4 is 4.74 Å². The largest absolute Gasteiger partial charge is 0.462 e. The van der Waals surface area contributed by atoms with Crippen LogP contribution in [0.4, 0.5) is 0 Å². The molecule has 1 aromatic rings. The summed E-state index contributed by atoms with van der Waals surface area (Å²) in [5.74, 6) is 0.980. The highest BCUT2D eigenvalue weighted by Crippen LogP contribution is 2.26. The van der Waals surface area contributed by atoms with Crippen LogP contribution in [0, 0.1) is 0 Å². The van der Waals surface area contributed by atoms with Gasteiger partial charge in [-0.25, -0.2) is 0 Å². The molecule has 1 aromatic carbocycles. The Kier molecular flexibility index (Phi) is 6.06. The molecule has 1 aliphatic rings. The van der Waals surface area contributed by atoms with Crippen molar-refractivity contribution >= 4 is 11.6 Å². The van der Waals surface area contributed by atoms with Crippen molar-refractivity contribution in [1.82, 2.24) is 0 Å². The highest BCUT2D eigenvalue weighted by Gasteiger charge is 2.44. The van der Waals surface area contributed by atoms with Crippen LogP contribution in [0.5, 0.6) is 5.75 Å². The Morgan fingerprint density at radius 2 is 1.77 bits per heavy atom. The van der Waals surface area contributed by atoms with Gasteiger partial charge in [0.15, 0.2) is 0 Å². The Morgan fingerprint density at radius 1 is 1.14 bits per heavy atom. The van der Waals surface area contributed by atoms with Crippen LogP contribution >= 0.6 is 11.6 Å². The van der Waals surface area contributed by atoms with Crippen LogP contribution in [0.3, 0.4) is 0 Å². The summed E-state index contributed by atoms with van der Waals surface area (Å²) in [7, 11) is 0. The van der Waals surface area contributed by atoms with E-state index in [1.165, 1.54) is 5.56 Å². The third-order valence-electron chi connectivity index (χ3n) is 4.13. The van der Waals surface area contributed by atoms with E-state index in [-0.39, 0.29) is 5.88 Å². The van der Waals surface area contributed by atoms with Gasteiger partial charge in [0.2, 0.25) is 6.29 Å². The maximum Gasteiger partial charge on any atom is 0.229 e. The summed E-state index contributed by atoms with van der Waals surface area (Å²) in [4.78, 5) is 0. The second-order valence-corrected chi connectivity index (χ2v) is 5.97. The van der Waals surface area contributed by atoms with E-state index in [1.807, 2.05) is 12.1 Å². The molecule has 1 saturated heterocycles. The number of ether oxygens (including phenoxy) is 2. The zero-order valence-corrected chi connectivity index (χ0v) is 13.5. The third-order valence-corrected chi connectivity index (χ3v) is 4.44. The number of halogens is 1. The summed E-state index contributed by atoms with van der Waals surface area (Å²) in [5.41, 5.74) is 1.20. The number of aliphatic hydroxyl groups excluding tert-OH is 3. The standard InChI is InChI=1S/C16H23ClO5/c1-3-9(2)10-4-6-11(7-5-10)21-16-15(20)14(19)13(18)12(8-17)22-16/h4-7,9,12-16,18-20H,3,8H2,1-2H3/t9?,12-,13-,14+,15-,16-/m1/s1. The molecular weight excluding hydrogens is 308 g/mol. The number of hydrogen-bond donors (Lipinski definition) is 3. The maximum atomic E-state index is 9.96. The Morgan fingerprint density at radius 3 is 2.32 bits per heavy atom. The lowest BCUT2D eigenvalue weighted by atomic mass is 9.98. The molecular formula is C16H23ClO5. The molecule has 1 unspecified atom stereocenters. The van der Waals surface area contributed by atoms with Gasteiger partial charge in [0.25, 0.3) is 0 Å². The lowest BCUT2D eigenvalue weighted by Gasteiger charge is -2.39. The third kappa shape index (κ3) is 3.73. The average molecular weight is 331 g/mol. The number of hydrogen-bond acceptors (Lipinski definition) is 5. The first-order chi connectivity index (χ1) is 10.5. The summed E-state index contributed by atoms with van der Waals surface area (Å²) in [6, 6.07) is 7.52. The lowest BCUT2D eigenvalue weighted by molar-refractivity contribution is -0.267. The highest BCUT2D eigenvalue weighted by molar-refractivity contribution is 6.18. The first kappa shape index (κ1) is 17.5. The van der Waals surface area contributed by atoms with Crippen LogP contribution in [0.15, 0.2) is 24.3 Å². The van der Waals surface area contributed by atoms with E-state index in [4.69, 9.17) is 21.1 Å². The van der Waals surface area contributed by atoms with Crippen molar-refractivity contribution in [2.75, 3.05) is 5.88 Å². The zero-order chi connectivity index (χ0) is 16.3. The molecule has 5 nitrogen and oxygen atoms in total. The Hall–Kier alpha value is -0.850. The Labute approximate surface area is 135 Å². The molecule has 0 radical (unpaired) electrons. The highest BCUT2D eigenvalue weighted by atomic mass is 35.5. The predicted molar refractivity (Wildman–Crippen MR) is 83.2 cm³/mol. The number of benzene rings is 1. The van der Waals surface area contributed by atoms with Gasteiger partial charge in [-0.15, -0.1) is 11.6 Å². The van der Waals surface area contributed by atoms with E-state index in [1.54, 1.807) is 12.1 Å². The Balaban J connectivity index is 2.05. The fraction of sp³-hybridized carbons (Fsp3) is 0.625. The van der Waals surface area contributed by atoms with E-state index in [9.17, 15) is 15.3 Å². The van der Waals surface area contributed by atoms with Gasteiger partial charge in [-0.05, 0) is 30.0 Å². The Bertz CT molecular complexity index is 464. The van der Waals surface area contributed by atoms with Crippen molar-refractivity contribution in [3.8, 4) is 5.75 Å². The quantitative estimate of drug-likeness (QED) is 0.715. The molecule has 0 bridgehead atoms. The molecule has 0 amide bonds. The van der Waals surface area contributed by atoms with Gasteiger partial charge in [-0.2, -0.15) is 0 Å². The van der Waals surface area contributed by atoms with Crippen molar-refractivity contribution in [2.45, 2.75) is 56.9 Å². The fourth-order valence-electron chi connectivity index (χ4n) is 2.39. The molecule has 124 valence electrons. The smallest absolute Gasteiger partial charge is 0.229 e. The molecule has 0 saturated carbocycles. The minimum atomic E-state index is -1.36. The van der Waals surface area contributed by atoms with Crippen molar-refractivity contribution < 1.29 is 24.8 Å². The molecule has 3 N–H and O–H groups in total. The van der Waals surface area contributed by atoms with Gasteiger partial charge in [0, 0.05) is 0 Å². The summed E-state index contributed by atoms with van der Waals surface area (Å²) in [5, 5.41) is 29.5. The minimum Gasteiger partial charge on any atom is -0.462 e.